The van der Waals surface area contributed by atoms with Crippen molar-refractivity contribution in [2.75, 3.05) is 26.8 Å². The highest BCUT2D eigenvalue weighted by Crippen LogP contribution is 2.22. The summed E-state index contributed by atoms with van der Waals surface area (Å²) < 4.78 is 30.6. The van der Waals surface area contributed by atoms with Gasteiger partial charge in [0, 0.05) is 30.5 Å². The van der Waals surface area contributed by atoms with Gasteiger partial charge >= 0.3 is 0 Å². The number of thiophene rings is 1. The summed E-state index contributed by atoms with van der Waals surface area (Å²) in [5, 5.41) is 10.5. The van der Waals surface area contributed by atoms with Crippen LogP contribution in [0.3, 0.4) is 0 Å². The number of methoxy groups -OCH3 is 1. The van der Waals surface area contributed by atoms with Crippen LogP contribution in [-0.2, 0) is 21.4 Å². The molecule has 98 valence electrons. The van der Waals surface area contributed by atoms with Crippen LogP contribution in [0, 0.1) is 0 Å². The maximum absolute atomic E-state index is 12.2. The van der Waals surface area contributed by atoms with Gasteiger partial charge in [0.15, 0.2) is 0 Å². The summed E-state index contributed by atoms with van der Waals surface area (Å²) in [6.07, 6.45) is 0. The Kier molecular flexibility index (Phi) is 5.54. The van der Waals surface area contributed by atoms with Crippen molar-refractivity contribution in [3.63, 3.8) is 0 Å². The van der Waals surface area contributed by atoms with Crippen LogP contribution >= 0.6 is 11.3 Å². The van der Waals surface area contributed by atoms with Crippen LogP contribution < -0.4 is 0 Å². The molecule has 17 heavy (non-hydrogen) atoms. The Bertz CT molecular complexity index is 441. The molecule has 0 amide bonds. The molecule has 5 nitrogen and oxygen atoms in total. The molecule has 0 aliphatic heterocycles. The van der Waals surface area contributed by atoms with Crippen molar-refractivity contribution in [3.8, 4) is 0 Å². The van der Waals surface area contributed by atoms with Gasteiger partial charge in [-0.25, -0.2) is 8.42 Å². The Labute approximate surface area is 106 Å². The highest BCUT2D eigenvalue weighted by atomic mass is 32.2. The first kappa shape index (κ1) is 14.6. The van der Waals surface area contributed by atoms with E-state index >= 15 is 0 Å². The first-order chi connectivity index (χ1) is 8.06. The van der Waals surface area contributed by atoms with Gasteiger partial charge in [-0.2, -0.15) is 4.31 Å². The van der Waals surface area contributed by atoms with Gasteiger partial charge in [-0.1, -0.05) is 6.92 Å². The van der Waals surface area contributed by atoms with E-state index in [-0.39, 0.29) is 11.5 Å². The zero-order valence-corrected chi connectivity index (χ0v) is 11.6. The second-order valence-corrected chi connectivity index (χ2v) is 6.33. The lowest BCUT2D eigenvalue weighted by Crippen LogP contribution is -2.33. The van der Waals surface area contributed by atoms with E-state index in [1.54, 1.807) is 12.3 Å². The smallest absolute Gasteiger partial charge is 0.243 e. The molecule has 1 aromatic rings. The van der Waals surface area contributed by atoms with Gasteiger partial charge in [0.05, 0.1) is 18.1 Å². The Morgan fingerprint density at radius 1 is 1.53 bits per heavy atom. The number of aliphatic hydroxyl groups is 1. The fourth-order valence-corrected chi connectivity index (χ4v) is 3.92. The third-order valence-electron chi connectivity index (χ3n) is 2.32. The number of hydrogen-bond donors (Lipinski definition) is 1. The van der Waals surface area contributed by atoms with Crippen molar-refractivity contribution in [2.45, 2.75) is 18.4 Å². The minimum Gasteiger partial charge on any atom is -0.391 e. The van der Waals surface area contributed by atoms with Gasteiger partial charge in [-0.15, -0.1) is 11.3 Å². The monoisotopic (exact) mass is 279 g/mol. The molecule has 0 fully saturated rings. The second-order valence-electron chi connectivity index (χ2n) is 3.40. The van der Waals surface area contributed by atoms with Gasteiger partial charge in [-0.3, -0.25) is 0 Å². The summed E-state index contributed by atoms with van der Waals surface area (Å²) in [6, 6.07) is 1.51. The maximum atomic E-state index is 12.2. The van der Waals surface area contributed by atoms with Crippen LogP contribution in [-0.4, -0.2) is 44.6 Å². The molecular formula is C10H17NO4S2. The van der Waals surface area contributed by atoms with Crippen molar-refractivity contribution in [1.82, 2.24) is 4.31 Å². The minimum atomic E-state index is -3.46. The quantitative estimate of drug-likeness (QED) is 0.805. The van der Waals surface area contributed by atoms with Crippen molar-refractivity contribution in [1.29, 1.82) is 0 Å². The molecule has 0 bridgehead atoms. The summed E-state index contributed by atoms with van der Waals surface area (Å²) in [5.74, 6) is 0. The molecule has 0 radical (unpaired) electrons. The summed E-state index contributed by atoms with van der Waals surface area (Å²) in [7, 11) is -1.92. The molecule has 1 rings (SSSR count). The molecule has 0 saturated carbocycles. The zero-order valence-electron chi connectivity index (χ0n) is 9.92. The number of rotatable bonds is 7. The van der Waals surface area contributed by atoms with Gasteiger partial charge < -0.3 is 9.84 Å². The van der Waals surface area contributed by atoms with Crippen molar-refractivity contribution >= 4 is 21.4 Å². The van der Waals surface area contributed by atoms with Crippen molar-refractivity contribution in [3.05, 3.63) is 16.3 Å². The lowest BCUT2D eigenvalue weighted by Gasteiger charge is -2.19. The molecule has 0 aromatic carbocycles. The molecule has 0 unspecified atom stereocenters. The van der Waals surface area contributed by atoms with Crippen molar-refractivity contribution in [2.24, 2.45) is 0 Å². The molecule has 0 saturated heterocycles. The first-order valence-corrected chi connectivity index (χ1v) is 7.55. The molecule has 0 atom stereocenters. The number of sulfonamides is 1. The maximum Gasteiger partial charge on any atom is 0.243 e. The lowest BCUT2D eigenvalue weighted by atomic mass is 10.5. The van der Waals surface area contributed by atoms with E-state index < -0.39 is 10.0 Å². The summed E-state index contributed by atoms with van der Waals surface area (Å²) in [5.41, 5.74) is 0. The van der Waals surface area contributed by atoms with Gasteiger partial charge in [-0.05, 0) is 6.07 Å². The second kappa shape index (κ2) is 6.46. The average Bonchev–Trinajstić information content (AvgIpc) is 2.79. The molecule has 0 aliphatic carbocycles. The largest absolute Gasteiger partial charge is 0.391 e. The van der Waals surface area contributed by atoms with Crippen LogP contribution in [0.2, 0.25) is 0 Å². The van der Waals surface area contributed by atoms with Gasteiger partial charge in [0.25, 0.3) is 0 Å². The Hall–Kier alpha value is -0.470. The first-order valence-electron chi connectivity index (χ1n) is 5.23. The van der Waals surface area contributed by atoms with E-state index in [4.69, 9.17) is 9.84 Å². The molecule has 0 spiro atoms. The topological polar surface area (TPSA) is 66.8 Å². The number of likely N-dealkylation sites (N-methyl/N-ethyl adjacent to an activating group) is 1. The van der Waals surface area contributed by atoms with E-state index in [9.17, 15) is 8.42 Å². The zero-order chi connectivity index (χ0) is 12.9. The highest BCUT2D eigenvalue weighted by molar-refractivity contribution is 7.89. The van der Waals surface area contributed by atoms with Crippen LogP contribution in [0.1, 0.15) is 11.8 Å². The van der Waals surface area contributed by atoms with Crippen molar-refractivity contribution < 1.29 is 18.3 Å². The molecular weight excluding hydrogens is 262 g/mol. The molecule has 0 aliphatic rings. The predicted molar refractivity (Wildman–Crippen MR) is 66.6 cm³/mol. The number of nitrogens with zero attached hydrogens (tertiary/aromatic N) is 1. The standard InChI is InChI=1S/C10H17NO4S2/c1-3-11(4-5-15-2)17(13,14)10-6-9(7-12)16-8-10/h6,8,12H,3-5,7H2,1-2H3. The van der Waals surface area contributed by atoms with E-state index in [0.29, 0.717) is 24.6 Å². The Morgan fingerprint density at radius 2 is 2.24 bits per heavy atom. The normalized spacial score (nSPS) is 12.2. The molecule has 1 N–H and O–H groups in total. The molecule has 1 aromatic heterocycles. The number of aliphatic hydroxyl groups excluding tert-OH is 1. The van der Waals surface area contributed by atoms with Gasteiger partial charge in [0.1, 0.15) is 0 Å². The van der Waals surface area contributed by atoms with Crippen LogP contribution in [0.25, 0.3) is 0 Å². The fourth-order valence-electron chi connectivity index (χ4n) is 1.37. The summed E-state index contributed by atoms with van der Waals surface area (Å²) in [4.78, 5) is 0.885. The highest BCUT2D eigenvalue weighted by Gasteiger charge is 2.23. The van der Waals surface area contributed by atoms with E-state index in [1.807, 2.05) is 0 Å². The van der Waals surface area contributed by atoms with Crippen LogP contribution in [0.5, 0.6) is 0 Å². The average molecular weight is 279 g/mol. The van der Waals surface area contributed by atoms with E-state index in [0.717, 1.165) is 0 Å². The van der Waals surface area contributed by atoms with Gasteiger partial charge in [0.2, 0.25) is 10.0 Å². The summed E-state index contributed by atoms with van der Waals surface area (Å²) in [6.45, 7) is 2.75. The van der Waals surface area contributed by atoms with E-state index in [1.165, 1.54) is 28.8 Å². The SMILES string of the molecule is CCN(CCOC)S(=O)(=O)c1csc(CO)c1. The molecule has 1 heterocycles. The van der Waals surface area contributed by atoms with Crippen LogP contribution in [0.4, 0.5) is 0 Å². The molecule has 7 heteroatoms. The van der Waals surface area contributed by atoms with Crippen LogP contribution in [0.15, 0.2) is 16.3 Å². The third kappa shape index (κ3) is 3.49. The lowest BCUT2D eigenvalue weighted by molar-refractivity contribution is 0.180. The fraction of sp³-hybridized carbons (Fsp3) is 0.600. The third-order valence-corrected chi connectivity index (χ3v) is 5.34. The Balaban J connectivity index is 2.91. The number of hydrogen-bond acceptors (Lipinski definition) is 5. The van der Waals surface area contributed by atoms with E-state index in [2.05, 4.69) is 0 Å². The predicted octanol–water partition coefficient (Wildman–Crippen LogP) is 0.897. The summed E-state index contributed by atoms with van der Waals surface area (Å²) >= 11 is 1.24. The number of ether oxygens (including phenoxy) is 1. The minimum absolute atomic E-state index is 0.135. The Morgan fingerprint density at radius 3 is 2.71 bits per heavy atom.